The third-order valence-corrected chi connectivity index (χ3v) is 8.70. The minimum atomic E-state index is -4.15. The van der Waals surface area contributed by atoms with Gasteiger partial charge < -0.3 is 10.2 Å². The van der Waals surface area contributed by atoms with Crippen LogP contribution in [0.1, 0.15) is 38.3 Å². The summed E-state index contributed by atoms with van der Waals surface area (Å²) >= 11 is 3.38. The second-order valence-electron chi connectivity index (χ2n) is 9.45. The zero-order valence-corrected chi connectivity index (χ0v) is 24.8. The maximum absolute atomic E-state index is 13.9. The van der Waals surface area contributed by atoms with Gasteiger partial charge in [-0.15, -0.1) is 0 Å². The minimum absolute atomic E-state index is 0.00882. The van der Waals surface area contributed by atoms with Gasteiger partial charge in [-0.3, -0.25) is 13.9 Å². The molecule has 0 radical (unpaired) electrons. The lowest BCUT2D eigenvalue weighted by atomic mass is 10.1. The summed E-state index contributed by atoms with van der Waals surface area (Å²) in [4.78, 5) is 28.3. The molecule has 0 aliphatic heterocycles. The summed E-state index contributed by atoms with van der Waals surface area (Å²) in [5.74, 6) is -1.37. The molecule has 2 unspecified atom stereocenters. The van der Waals surface area contributed by atoms with Gasteiger partial charge in [0, 0.05) is 17.1 Å². The Morgan fingerprint density at radius 2 is 1.64 bits per heavy atom. The molecule has 0 heterocycles. The summed E-state index contributed by atoms with van der Waals surface area (Å²) in [6, 6.07) is 17.6. The highest BCUT2D eigenvalue weighted by Crippen LogP contribution is 2.27. The van der Waals surface area contributed by atoms with Crippen LogP contribution in [0.2, 0.25) is 0 Å². The molecule has 0 saturated heterocycles. The smallest absolute Gasteiger partial charge is 0.264 e. The second kappa shape index (κ2) is 13.2. The summed E-state index contributed by atoms with van der Waals surface area (Å²) in [5.41, 5.74) is 1.78. The van der Waals surface area contributed by atoms with E-state index in [2.05, 4.69) is 21.2 Å². The normalized spacial score (nSPS) is 12.9. The van der Waals surface area contributed by atoms with E-state index < -0.39 is 34.3 Å². The maximum Gasteiger partial charge on any atom is 0.264 e. The van der Waals surface area contributed by atoms with Crippen molar-refractivity contribution in [2.24, 2.45) is 0 Å². The molecule has 3 aromatic rings. The van der Waals surface area contributed by atoms with Crippen molar-refractivity contribution in [3.8, 4) is 0 Å². The van der Waals surface area contributed by atoms with Crippen molar-refractivity contribution in [1.82, 2.24) is 10.2 Å². The predicted molar refractivity (Wildman–Crippen MR) is 154 cm³/mol. The first-order valence-electron chi connectivity index (χ1n) is 12.6. The molecular weight excluding hydrogens is 585 g/mol. The van der Waals surface area contributed by atoms with Crippen molar-refractivity contribution >= 4 is 43.5 Å². The highest BCUT2D eigenvalue weighted by Gasteiger charge is 2.32. The number of sulfonamides is 1. The molecule has 0 saturated carbocycles. The van der Waals surface area contributed by atoms with E-state index >= 15 is 0 Å². The molecule has 39 heavy (non-hydrogen) atoms. The van der Waals surface area contributed by atoms with Gasteiger partial charge in [0.15, 0.2) is 0 Å². The zero-order chi connectivity index (χ0) is 28.7. The Morgan fingerprint density at radius 3 is 2.23 bits per heavy atom. The first-order valence-corrected chi connectivity index (χ1v) is 14.8. The van der Waals surface area contributed by atoms with E-state index in [4.69, 9.17) is 0 Å². The average Bonchev–Trinajstić information content (AvgIpc) is 2.90. The van der Waals surface area contributed by atoms with E-state index in [0.717, 1.165) is 9.87 Å². The van der Waals surface area contributed by atoms with Crippen molar-refractivity contribution in [3.63, 3.8) is 0 Å². The summed E-state index contributed by atoms with van der Waals surface area (Å²) in [6.45, 7) is 6.69. The van der Waals surface area contributed by atoms with Crippen LogP contribution in [0.5, 0.6) is 0 Å². The number of rotatable bonds is 11. The number of anilines is 1. The number of amides is 2. The lowest BCUT2D eigenvalue weighted by molar-refractivity contribution is -0.139. The topological polar surface area (TPSA) is 86.8 Å². The van der Waals surface area contributed by atoms with E-state index in [-0.39, 0.29) is 29.1 Å². The van der Waals surface area contributed by atoms with Crippen molar-refractivity contribution in [2.75, 3.05) is 10.8 Å². The Bertz CT molecular complexity index is 1400. The molecule has 7 nitrogen and oxygen atoms in total. The molecule has 10 heteroatoms. The lowest BCUT2D eigenvalue weighted by Gasteiger charge is -2.32. The quantitative estimate of drug-likeness (QED) is 0.311. The number of hydrogen-bond acceptors (Lipinski definition) is 4. The van der Waals surface area contributed by atoms with Crippen LogP contribution in [0.25, 0.3) is 0 Å². The Balaban J connectivity index is 2.02. The van der Waals surface area contributed by atoms with Crippen LogP contribution in [0.3, 0.4) is 0 Å². The molecule has 3 rings (SSSR count). The average molecular weight is 619 g/mol. The Labute approximate surface area is 238 Å². The number of aryl methyl sites for hydroxylation is 1. The van der Waals surface area contributed by atoms with Gasteiger partial charge in [0.25, 0.3) is 10.0 Å². The van der Waals surface area contributed by atoms with Gasteiger partial charge in [0.2, 0.25) is 11.8 Å². The van der Waals surface area contributed by atoms with Crippen LogP contribution in [-0.2, 0) is 26.2 Å². The monoisotopic (exact) mass is 617 g/mol. The summed E-state index contributed by atoms with van der Waals surface area (Å²) < 4.78 is 42.9. The van der Waals surface area contributed by atoms with Gasteiger partial charge in [0.1, 0.15) is 18.4 Å². The number of carbonyl (C=O) groups excluding carboxylic acids is 2. The van der Waals surface area contributed by atoms with Crippen LogP contribution in [0.4, 0.5) is 10.1 Å². The predicted octanol–water partition coefficient (Wildman–Crippen LogP) is 5.42. The molecule has 1 N–H and O–H groups in total. The fraction of sp³-hybridized carbons (Fsp3) is 0.310. The molecule has 2 atom stereocenters. The van der Waals surface area contributed by atoms with E-state index in [0.29, 0.717) is 16.5 Å². The van der Waals surface area contributed by atoms with E-state index in [9.17, 15) is 22.4 Å². The fourth-order valence-electron chi connectivity index (χ4n) is 3.83. The third-order valence-electron chi connectivity index (χ3n) is 6.42. The summed E-state index contributed by atoms with van der Waals surface area (Å²) in [6.07, 6.45) is 0.704. The van der Waals surface area contributed by atoms with Crippen LogP contribution >= 0.6 is 15.9 Å². The number of halogens is 2. The SMILES string of the molecule is CCC(C)NC(=O)C(C)N(Cc1ccc(F)cc1)C(=O)CN(c1cccc(Br)c1)S(=O)(=O)c1ccc(C)cc1. The summed E-state index contributed by atoms with van der Waals surface area (Å²) in [7, 11) is -4.15. The molecule has 0 aliphatic rings. The van der Waals surface area contributed by atoms with Crippen molar-refractivity contribution in [1.29, 1.82) is 0 Å². The molecule has 2 amide bonds. The van der Waals surface area contributed by atoms with Gasteiger partial charge in [-0.05, 0) is 75.2 Å². The van der Waals surface area contributed by atoms with E-state index in [1.165, 1.54) is 41.3 Å². The maximum atomic E-state index is 13.9. The molecular formula is C29H33BrFN3O4S. The van der Waals surface area contributed by atoms with Gasteiger partial charge >= 0.3 is 0 Å². The lowest BCUT2D eigenvalue weighted by Crippen LogP contribution is -2.52. The minimum Gasteiger partial charge on any atom is -0.352 e. The third kappa shape index (κ3) is 7.89. The number of nitrogens with zero attached hydrogens (tertiary/aromatic N) is 2. The van der Waals surface area contributed by atoms with Crippen LogP contribution in [-0.4, -0.2) is 43.8 Å². The molecule has 0 fully saturated rings. The molecule has 0 bridgehead atoms. The second-order valence-corrected chi connectivity index (χ2v) is 12.2. The zero-order valence-electron chi connectivity index (χ0n) is 22.4. The Kier molecular flexibility index (Phi) is 10.3. The highest BCUT2D eigenvalue weighted by molar-refractivity contribution is 9.10. The van der Waals surface area contributed by atoms with Crippen LogP contribution in [0, 0.1) is 12.7 Å². The number of nitrogens with one attached hydrogen (secondary N) is 1. The highest BCUT2D eigenvalue weighted by atomic mass is 79.9. The Morgan fingerprint density at radius 1 is 1.00 bits per heavy atom. The first-order chi connectivity index (χ1) is 18.4. The van der Waals surface area contributed by atoms with Gasteiger partial charge in [-0.1, -0.05) is 58.7 Å². The molecule has 208 valence electrons. The van der Waals surface area contributed by atoms with E-state index in [1.807, 2.05) is 20.8 Å². The van der Waals surface area contributed by atoms with Gasteiger partial charge in [-0.25, -0.2) is 12.8 Å². The largest absolute Gasteiger partial charge is 0.352 e. The van der Waals surface area contributed by atoms with Gasteiger partial charge in [0.05, 0.1) is 10.6 Å². The number of benzene rings is 3. The molecule has 0 aromatic heterocycles. The summed E-state index contributed by atoms with van der Waals surface area (Å²) in [5, 5.41) is 2.88. The first kappa shape index (κ1) is 30.3. The number of hydrogen-bond donors (Lipinski definition) is 1. The van der Waals surface area contributed by atoms with Crippen molar-refractivity contribution in [2.45, 2.75) is 57.6 Å². The molecule has 0 aliphatic carbocycles. The standard InChI is InChI=1S/C29H33BrFN3O4S/c1-5-21(3)32-29(36)22(4)33(18-23-11-13-25(31)14-12-23)28(35)19-34(26-8-6-7-24(30)17-26)39(37,38)27-15-9-20(2)10-16-27/h6-17,21-22H,5,18-19H2,1-4H3,(H,32,36). The van der Waals surface area contributed by atoms with Crippen LogP contribution < -0.4 is 9.62 Å². The van der Waals surface area contributed by atoms with Crippen molar-refractivity contribution in [3.05, 3.63) is 94.2 Å². The fourth-order valence-corrected chi connectivity index (χ4v) is 5.63. The molecule has 0 spiro atoms. The van der Waals surface area contributed by atoms with Gasteiger partial charge in [-0.2, -0.15) is 0 Å². The Hall–Kier alpha value is -3.24. The molecule has 3 aromatic carbocycles. The number of carbonyl (C=O) groups is 2. The van der Waals surface area contributed by atoms with Crippen LogP contribution in [0.15, 0.2) is 82.2 Å². The van der Waals surface area contributed by atoms with Crippen molar-refractivity contribution < 1.29 is 22.4 Å². The van der Waals surface area contributed by atoms with E-state index in [1.54, 1.807) is 43.3 Å².